The van der Waals surface area contributed by atoms with Crippen molar-refractivity contribution in [1.29, 1.82) is 0 Å². The molecule has 2 heteroatoms. The van der Waals surface area contributed by atoms with Crippen LogP contribution in [0.25, 0.3) is 0 Å². The number of rotatable bonds is 0. The first-order valence-electron chi connectivity index (χ1n) is 4.84. The van der Waals surface area contributed by atoms with Gasteiger partial charge in [-0.2, -0.15) is 0 Å². The van der Waals surface area contributed by atoms with E-state index in [4.69, 9.17) is 0 Å². The average molecular weight is 154 g/mol. The molecule has 0 radical (unpaired) electrons. The summed E-state index contributed by atoms with van der Waals surface area (Å²) in [5, 5.41) is 7.08. The summed E-state index contributed by atoms with van der Waals surface area (Å²) in [4.78, 5) is 0. The highest BCUT2D eigenvalue weighted by Crippen LogP contribution is 2.28. The lowest BCUT2D eigenvalue weighted by Gasteiger charge is -2.41. The third-order valence-electron chi connectivity index (χ3n) is 3.20. The summed E-state index contributed by atoms with van der Waals surface area (Å²) in [6.45, 7) is 4.81. The van der Waals surface area contributed by atoms with Crippen molar-refractivity contribution < 1.29 is 0 Å². The van der Waals surface area contributed by atoms with Crippen molar-refractivity contribution >= 4 is 0 Å². The van der Waals surface area contributed by atoms with Gasteiger partial charge in [-0.1, -0.05) is 6.92 Å². The molecule has 3 atom stereocenters. The zero-order valence-electron chi connectivity index (χ0n) is 7.27. The summed E-state index contributed by atoms with van der Waals surface area (Å²) < 4.78 is 0. The fraction of sp³-hybridized carbons (Fsp3) is 1.00. The van der Waals surface area contributed by atoms with Crippen LogP contribution in [-0.2, 0) is 0 Å². The summed E-state index contributed by atoms with van der Waals surface area (Å²) in [6, 6.07) is 0. The lowest BCUT2D eigenvalue weighted by atomic mass is 9.80. The van der Waals surface area contributed by atoms with E-state index in [1.165, 1.54) is 32.4 Å². The zero-order valence-corrected chi connectivity index (χ0v) is 7.27. The number of piperidine rings is 2. The molecule has 2 saturated heterocycles. The van der Waals surface area contributed by atoms with Crippen LogP contribution in [0.4, 0.5) is 0 Å². The molecule has 2 aliphatic rings. The fourth-order valence-corrected chi connectivity index (χ4v) is 2.43. The molecule has 0 saturated carbocycles. The zero-order chi connectivity index (χ0) is 7.68. The standard InChI is InChI=1S/C9H18N2/c1-7-4-6-11-9-8(7)3-2-5-10-9/h7-11H,2-6H2,1H3. The molecule has 0 aromatic carbocycles. The first-order chi connectivity index (χ1) is 5.38. The largest absolute Gasteiger partial charge is 0.302 e. The Morgan fingerprint density at radius 1 is 1.09 bits per heavy atom. The average Bonchev–Trinajstić information content (AvgIpc) is 2.06. The number of nitrogens with one attached hydrogen (secondary N) is 2. The molecule has 0 spiro atoms. The van der Waals surface area contributed by atoms with Crippen molar-refractivity contribution in [2.45, 2.75) is 32.4 Å². The molecule has 0 aliphatic carbocycles. The minimum Gasteiger partial charge on any atom is -0.302 e. The van der Waals surface area contributed by atoms with Crippen molar-refractivity contribution in [1.82, 2.24) is 10.6 Å². The summed E-state index contributed by atoms with van der Waals surface area (Å²) in [5.74, 6) is 1.83. The Bertz CT molecular complexity index is 134. The molecule has 11 heavy (non-hydrogen) atoms. The van der Waals surface area contributed by atoms with Crippen LogP contribution in [0.5, 0.6) is 0 Å². The van der Waals surface area contributed by atoms with Gasteiger partial charge < -0.3 is 10.6 Å². The van der Waals surface area contributed by atoms with E-state index in [0.29, 0.717) is 6.17 Å². The van der Waals surface area contributed by atoms with Crippen LogP contribution < -0.4 is 10.6 Å². The van der Waals surface area contributed by atoms with Crippen molar-refractivity contribution in [3.05, 3.63) is 0 Å². The quantitative estimate of drug-likeness (QED) is 0.542. The van der Waals surface area contributed by atoms with Gasteiger partial charge in [-0.05, 0) is 44.2 Å². The fourth-order valence-electron chi connectivity index (χ4n) is 2.43. The molecule has 2 aliphatic heterocycles. The highest BCUT2D eigenvalue weighted by atomic mass is 15.1. The maximum Gasteiger partial charge on any atom is 0.0603 e. The Labute approximate surface area is 68.7 Å². The van der Waals surface area contributed by atoms with E-state index in [1.54, 1.807) is 0 Å². The van der Waals surface area contributed by atoms with Crippen molar-refractivity contribution in [3.63, 3.8) is 0 Å². The lowest BCUT2D eigenvalue weighted by molar-refractivity contribution is 0.135. The van der Waals surface area contributed by atoms with Gasteiger partial charge >= 0.3 is 0 Å². The van der Waals surface area contributed by atoms with Crippen LogP contribution in [0.15, 0.2) is 0 Å². The first-order valence-corrected chi connectivity index (χ1v) is 4.84. The molecule has 0 aromatic rings. The predicted octanol–water partition coefficient (Wildman–Crippen LogP) is 0.941. The summed E-state index contributed by atoms with van der Waals surface area (Å²) >= 11 is 0. The Morgan fingerprint density at radius 3 is 2.73 bits per heavy atom. The van der Waals surface area contributed by atoms with E-state index in [2.05, 4.69) is 17.6 Å². The van der Waals surface area contributed by atoms with Crippen LogP contribution >= 0.6 is 0 Å². The van der Waals surface area contributed by atoms with Crippen molar-refractivity contribution in [3.8, 4) is 0 Å². The molecule has 0 bridgehead atoms. The maximum atomic E-state index is 3.54. The number of hydrogen-bond acceptors (Lipinski definition) is 2. The minimum absolute atomic E-state index is 0.632. The molecular formula is C9H18N2. The third kappa shape index (κ3) is 1.42. The summed E-state index contributed by atoms with van der Waals surface area (Å²) in [7, 11) is 0. The lowest BCUT2D eigenvalue weighted by Crippen LogP contribution is -2.56. The van der Waals surface area contributed by atoms with Gasteiger partial charge in [0.25, 0.3) is 0 Å². The van der Waals surface area contributed by atoms with Gasteiger partial charge in [0.15, 0.2) is 0 Å². The topological polar surface area (TPSA) is 24.1 Å². The third-order valence-corrected chi connectivity index (χ3v) is 3.20. The molecule has 64 valence electrons. The van der Waals surface area contributed by atoms with Crippen LogP contribution in [-0.4, -0.2) is 19.3 Å². The van der Waals surface area contributed by atoms with Gasteiger partial charge in [-0.25, -0.2) is 0 Å². The van der Waals surface area contributed by atoms with Gasteiger partial charge in [0, 0.05) is 0 Å². The van der Waals surface area contributed by atoms with E-state index in [9.17, 15) is 0 Å². The molecule has 2 rings (SSSR count). The molecule has 2 nitrogen and oxygen atoms in total. The second-order valence-corrected chi connectivity index (χ2v) is 3.96. The molecule has 3 unspecified atom stereocenters. The Balaban J connectivity index is 1.99. The molecule has 0 amide bonds. The van der Waals surface area contributed by atoms with Gasteiger partial charge in [0.05, 0.1) is 6.17 Å². The van der Waals surface area contributed by atoms with E-state index < -0.39 is 0 Å². The van der Waals surface area contributed by atoms with Crippen molar-refractivity contribution in [2.24, 2.45) is 11.8 Å². The monoisotopic (exact) mass is 154 g/mol. The molecule has 2 fully saturated rings. The van der Waals surface area contributed by atoms with E-state index in [1.807, 2.05) is 0 Å². The highest BCUT2D eigenvalue weighted by molar-refractivity contribution is 4.86. The number of fused-ring (bicyclic) bond motifs is 1. The number of hydrogen-bond donors (Lipinski definition) is 2. The second-order valence-electron chi connectivity index (χ2n) is 3.96. The van der Waals surface area contributed by atoms with Gasteiger partial charge in [-0.15, -0.1) is 0 Å². The van der Waals surface area contributed by atoms with Crippen LogP contribution in [0, 0.1) is 11.8 Å². The Morgan fingerprint density at radius 2 is 1.91 bits per heavy atom. The molecular weight excluding hydrogens is 136 g/mol. The molecule has 0 aromatic heterocycles. The van der Waals surface area contributed by atoms with Gasteiger partial charge in [0.2, 0.25) is 0 Å². The molecule has 2 heterocycles. The van der Waals surface area contributed by atoms with Crippen LogP contribution in [0.2, 0.25) is 0 Å². The smallest absolute Gasteiger partial charge is 0.0603 e. The normalized spacial score (nSPS) is 45.0. The van der Waals surface area contributed by atoms with E-state index >= 15 is 0 Å². The minimum atomic E-state index is 0.632. The van der Waals surface area contributed by atoms with E-state index in [0.717, 1.165) is 11.8 Å². The van der Waals surface area contributed by atoms with Gasteiger partial charge in [-0.3, -0.25) is 0 Å². The highest BCUT2D eigenvalue weighted by Gasteiger charge is 2.31. The molecule has 2 N–H and O–H groups in total. The second kappa shape index (κ2) is 3.11. The first kappa shape index (κ1) is 7.56. The summed E-state index contributed by atoms with van der Waals surface area (Å²) in [6.07, 6.45) is 4.79. The van der Waals surface area contributed by atoms with Crippen LogP contribution in [0.3, 0.4) is 0 Å². The van der Waals surface area contributed by atoms with Crippen LogP contribution in [0.1, 0.15) is 26.2 Å². The van der Waals surface area contributed by atoms with Crippen molar-refractivity contribution in [2.75, 3.05) is 13.1 Å². The Hall–Kier alpha value is -0.0800. The SMILES string of the molecule is CC1CCNC2NCCCC12. The van der Waals surface area contributed by atoms with E-state index in [-0.39, 0.29) is 0 Å². The predicted molar refractivity (Wildman–Crippen MR) is 46.3 cm³/mol. The maximum absolute atomic E-state index is 3.54. The Kier molecular flexibility index (Phi) is 2.14. The summed E-state index contributed by atoms with van der Waals surface area (Å²) in [5.41, 5.74) is 0. The van der Waals surface area contributed by atoms with Gasteiger partial charge in [0.1, 0.15) is 0 Å².